The molecular weight excluding hydrogens is 245 g/mol. The number of fused-ring (bicyclic) bond motifs is 2. The smallest absolute Gasteiger partial charge is 0.123 e. The lowest BCUT2D eigenvalue weighted by molar-refractivity contribution is -0.138. The Bertz CT molecular complexity index is 477. The van der Waals surface area contributed by atoms with Crippen molar-refractivity contribution in [1.29, 1.82) is 0 Å². The minimum Gasteiger partial charge on any atom is -0.385 e. The number of piperidine rings is 1. The SMILES string of the molecule is Cc1ccc(F)cc1C1(O)CC2COCC(C1)N2C. The normalized spacial score (nSPS) is 35.4. The Kier molecular flexibility index (Phi) is 3.12. The molecule has 2 bridgehead atoms. The Hall–Kier alpha value is -0.970. The van der Waals surface area contributed by atoms with Crippen molar-refractivity contribution in [3.05, 3.63) is 35.1 Å². The molecule has 19 heavy (non-hydrogen) atoms. The quantitative estimate of drug-likeness (QED) is 0.840. The van der Waals surface area contributed by atoms with E-state index in [1.807, 2.05) is 6.92 Å². The lowest BCUT2D eigenvalue weighted by Crippen LogP contribution is -2.59. The van der Waals surface area contributed by atoms with E-state index in [0.29, 0.717) is 26.1 Å². The van der Waals surface area contributed by atoms with Crippen molar-refractivity contribution >= 4 is 0 Å². The zero-order valence-electron chi connectivity index (χ0n) is 11.4. The van der Waals surface area contributed by atoms with E-state index in [4.69, 9.17) is 4.74 Å². The summed E-state index contributed by atoms with van der Waals surface area (Å²) in [6.45, 7) is 3.21. The fourth-order valence-electron chi connectivity index (χ4n) is 3.46. The van der Waals surface area contributed by atoms with Gasteiger partial charge in [-0.2, -0.15) is 0 Å². The molecule has 1 aromatic rings. The van der Waals surface area contributed by atoms with E-state index >= 15 is 0 Å². The van der Waals surface area contributed by atoms with Gasteiger partial charge in [0, 0.05) is 12.1 Å². The Morgan fingerprint density at radius 2 is 1.95 bits per heavy atom. The number of likely N-dealkylation sites (N-methyl/N-ethyl adjacent to an activating group) is 1. The molecule has 0 saturated carbocycles. The monoisotopic (exact) mass is 265 g/mol. The first-order chi connectivity index (χ1) is 8.99. The summed E-state index contributed by atoms with van der Waals surface area (Å²) in [6.07, 6.45) is 1.20. The summed E-state index contributed by atoms with van der Waals surface area (Å²) in [7, 11) is 2.08. The van der Waals surface area contributed by atoms with Crippen LogP contribution in [0.1, 0.15) is 24.0 Å². The van der Waals surface area contributed by atoms with Gasteiger partial charge in [-0.3, -0.25) is 4.90 Å². The molecule has 3 rings (SSSR count). The maximum atomic E-state index is 13.5. The first-order valence-corrected chi connectivity index (χ1v) is 6.78. The van der Waals surface area contributed by atoms with Crippen molar-refractivity contribution in [2.24, 2.45) is 0 Å². The van der Waals surface area contributed by atoms with Crippen molar-refractivity contribution in [3.8, 4) is 0 Å². The molecule has 2 aliphatic heterocycles. The van der Waals surface area contributed by atoms with Gasteiger partial charge in [0.1, 0.15) is 5.82 Å². The average Bonchev–Trinajstić information content (AvgIpc) is 2.34. The van der Waals surface area contributed by atoms with Crippen LogP contribution in [0, 0.1) is 12.7 Å². The van der Waals surface area contributed by atoms with Crippen LogP contribution < -0.4 is 0 Å². The molecule has 2 atom stereocenters. The van der Waals surface area contributed by atoms with E-state index < -0.39 is 5.60 Å². The minimum atomic E-state index is -0.933. The number of aliphatic hydroxyl groups is 1. The highest BCUT2D eigenvalue weighted by molar-refractivity contribution is 5.33. The highest BCUT2D eigenvalue weighted by Gasteiger charge is 2.46. The third-order valence-corrected chi connectivity index (χ3v) is 4.62. The number of aryl methyl sites for hydroxylation is 1. The van der Waals surface area contributed by atoms with Crippen LogP contribution in [0.25, 0.3) is 0 Å². The van der Waals surface area contributed by atoms with Gasteiger partial charge in [-0.15, -0.1) is 0 Å². The Balaban J connectivity index is 1.97. The standard InChI is InChI=1S/C15H20FNO2/c1-10-3-4-11(16)5-14(10)15(18)6-12-8-19-9-13(7-15)17(12)2/h3-5,12-13,18H,6-9H2,1-2H3. The lowest BCUT2D eigenvalue weighted by Gasteiger charge is -2.50. The molecule has 1 aromatic carbocycles. The predicted molar refractivity (Wildman–Crippen MR) is 70.4 cm³/mol. The van der Waals surface area contributed by atoms with Gasteiger partial charge in [0.15, 0.2) is 0 Å². The number of hydrogen-bond acceptors (Lipinski definition) is 3. The van der Waals surface area contributed by atoms with Crippen molar-refractivity contribution in [2.45, 2.75) is 37.5 Å². The van der Waals surface area contributed by atoms with E-state index in [9.17, 15) is 9.50 Å². The molecule has 2 unspecified atom stereocenters. The Morgan fingerprint density at radius 3 is 2.58 bits per heavy atom. The van der Waals surface area contributed by atoms with Crippen LogP contribution in [0.4, 0.5) is 4.39 Å². The second-order valence-electron chi connectivity index (χ2n) is 5.91. The van der Waals surface area contributed by atoms with Crippen molar-refractivity contribution in [2.75, 3.05) is 20.3 Å². The fraction of sp³-hybridized carbons (Fsp3) is 0.600. The summed E-state index contributed by atoms with van der Waals surface area (Å²) in [5.74, 6) is -0.283. The fourth-order valence-corrected chi connectivity index (χ4v) is 3.46. The summed E-state index contributed by atoms with van der Waals surface area (Å²) in [5.41, 5.74) is 0.752. The molecule has 0 spiro atoms. The minimum absolute atomic E-state index is 0.208. The topological polar surface area (TPSA) is 32.7 Å². The van der Waals surface area contributed by atoms with Gasteiger partial charge >= 0.3 is 0 Å². The van der Waals surface area contributed by atoms with Gasteiger partial charge in [-0.05, 0) is 50.1 Å². The second kappa shape index (κ2) is 4.54. The van der Waals surface area contributed by atoms with Crippen molar-refractivity contribution < 1.29 is 14.2 Å². The zero-order valence-corrected chi connectivity index (χ0v) is 11.4. The first kappa shape index (κ1) is 13.0. The molecule has 2 heterocycles. The van der Waals surface area contributed by atoms with Gasteiger partial charge in [0.2, 0.25) is 0 Å². The van der Waals surface area contributed by atoms with E-state index in [1.165, 1.54) is 12.1 Å². The van der Waals surface area contributed by atoms with Gasteiger partial charge in [0.25, 0.3) is 0 Å². The second-order valence-corrected chi connectivity index (χ2v) is 5.91. The van der Waals surface area contributed by atoms with Gasteiger partial charge in [-0.1, -0.05) is 6.07 Å². The van der Waals surface area contributed by atoms with E-state index in [-0.39, 0.29) is 17.9 Å². The molecule has 2 saturated heterocycles. The third-order valence-electron chi connectivity index (χ3n) is 4.62. The molecule has 0 aliphatic carbocycles. The van der Waals surface area contributed by atoms with Crippen LogP contribution in [0.3, 0.4) is 0 Å². The molecule has 2 fully saturated rings. The van der Waals surface area contributed by atoms with Gasteiger partial charge < -0.3 is 9.84 Å². The van der Waals surface area contributed by atoms with E-state index in [1.54, 1.807) is 6.07 Å². The highest BCUT2D eigenvalue weighted by Crippen LogP contribution is 2.41. The molecule has 0 radical (unpaired) electrons. The third kappa shape index (κ3) is 2.18. The summed E-state index contributed by atoms with van der Waals surface area (Å²) in [5, 5.41) is 11.0. The van der Waals surface area contributed by atoms with E-state index in [0.717, 1.165) is 11.1 Å². The lowest BCUT2D eigenvalue weighted by atomic mass is 9.76. The van der Waals surface area contributed by atoms with Crippen LogP contribution in [0.5, 0.6) is 0 Å². The number of nitrogens with zero attached hydrogens (tertiary/aromatic N) is 1. The summed E-state index contributed by atoms with van der Waals surface area (Å²) < 4.78 is 19.1. The van der Waals surface area contributed by atoms with Crippen LogP contribution >= 0.6 is 0 Å². The molecule has 1 N–H and O–H groups in total. The number of benzene rings is 1. The molecule has 0 aromatic heterocycles. The number of hydrogen-bond donors (Lipinski definition) is 1. The van der Waals surface area contributed by atoms with Crippen LogP contribution in [0.2, 0.25) is 0 Å². The molecule has 2 aliphatic rings. The predicted octanol–water partition coefficient (Wildman–Crippen LogP) is 1.81. The largest absolute Gasteiger partial charge is 0.385 e. The molecule has 104 valence electrons. The maximum Gasteiger partial charge on any atom is 0.123 e. The summed E-state index contributed by atoms with van der Waals surface area (Å²) >= 11 is 0. The van der Waals surface area contributed by atoms with Gasteiger partial charge in [0.05, 0.1) is 18.8 Å². The molecule has 0 amide bonds. The number of rotatable bonds is 1. The van der Waals surface area contributed by atoms with Crippen molar-refractivity contribution in [3.63, 3.8) is 0 Å². The Labute approximate surface area is 113 Å². The van der Waals surface area contributed by atoms with Crippen LogP contribution in [-0.2, 0) is 10.3 Å². The first-order valence-electron chi connectivity index (χ1n) is 6.78. The maximum absolute atomic E-state index is 13.5. The van der Waals surface area contributed by atoms with Crippen LogP contribution in [-0.4, -0.2) is 42.4 Å². The van der Waals surface area contributed by atoms with E-state index in [2.05, 4.69) is 11.9 Å². The number of morpholine rings is 1. The zero-order chi connectivity index (χ0) is 13.6. The Morgan fingerprint density at radius 1 is 1.32 bits per heavy atom. The van der Waals surface area contributed by atoms with Crippen molar-refractivity contribution in [1.82, 2.24) is 4.90 Å². The van der Waals surface area contributed by atoms with Gasteiger partial charge in [-0.25, -0.2) is 4.39 Å². The average molecular weight is 265 g/mol. The molecular formula is C15H20FNO2. The highest BCUT2D eigenvalue weighted by atomic mass is 19.1. The number of ether oxygens (including phenoxy) is 1. The van der Waals surface area contributed by atoms with Crippen LogP contribution in [0.15, 0.2) is 18.2 Å². The number of halogens is 1. The molecule has 3 nitrogen and oxygen atoms in total. The molecule has 4 heteroatoms. The summed E-state index contributed by atoms with van der Waals surface area (Å²) in [6, 6.07) is 5.09. The summed E-state index contributed by atoms with van der Waals surface area (Å²) in [4.78, 5) is 2.28.